The van der Waals surface area contributed by atoms with E-state index >= 15 is 0 Å². The number of nitrogens with zero attached hydrogens (tertiary/aromatic N) is 2. The summed E-state index contributed by atoms with van der Waals surface area (Å²) in [5.74, 6) is -0.584. The molecule has 1 aromatic rings. The van der Waals surface area contributed by atoms with Crippen molar-refractivity contribution in [2.24, 2.45) is 22.9 Å². The largest absolute Gasteiger partial charge is 0.455 e. The third-order valence-electron chi connectivity index (χ3n) is 5.92. The standard InChI is InChI=1S/C21H24N2O4/c24-19(23-10-9-18(22-23)14-5-2-1-3-6-14)13-27-21(26)17-11-15-7-4-8-16(12-17)20(15)25/h1-3,5-6,15-17H,4,7-13H2/t15-,16+,17?. The lowest BCUT2D eigenvalue weighted by Gasteiger charge is -2.36. The number of ketones is 1. The molecule has 1 heterocycles. The average molecular weight is 368 g/mol. The van der Waals surface area contributed by atoms with Crippen LogP contribution in [0.15, 0.2) is 35.4 Å². The Balaban J connectivity index is 1.30. The van der Waals surface area contributed by atoms with Crippen molar-refractivity contribution in [3.63, 3.8) is 0 Å². The second kappa shape index (κ2) is 7.62. The van der Waals surface area contributed by atoms with Gasteiger partial charge in [-0.25, -0.2) is 5.01 Å². The maximum atomic E-state index is 12.4. The molecule has 1 aromatic carbocycles. The zero-order valence-corrected chi connectivity index (χ0v) is 15.3. The maximum absolute atomic E-state index is 12.4. The highest BCUT2D eigenvalue weighted by atomic mass is 16.5. The highest BCUT2D eigenvalue weighted by Crippen LogP contribution is 2.40. The normalized spacial score (nSPS) is 27.3. The minimum atomic E-state index is -0.348. The molecule has 3 atom stereocenters. The van der Waals surface area contributed by atoms with E-state index in [4.69, 9.17) is 4.74 Å². The van der Waals surface area contributed by atoms with E-state index in [0.717, 1.165) is 30.5 Å². The number of rotatable bonds is 4. The molecule has 6 heteroatoms. The topological polar surface area (TPSA) is 76.0 Å². The fourth-order valence-corrected chi connectivity index (χ4v) is 4.47. The number of ether oxygens (including phenoxy) is 1. The van der Waals surface area contributed by atoms with Gasteiger partial charge in [-0.05, 0) is 31.2 Å². The van der Waals surface area contributed by atoms with Crippen LogP contribution in [0, 0.1) is 17.8 Å². The lowest BCUT2D eigenvalue weighted by atomic mass is 9.67. The number of benzene rings is 1. The maximum Gasteiger partial charge on any atom is 0.309 e. The highest BCUT2D eigenvalue weighted by molar-refractivity contribution is 6.02. The Bertz CT molecular complexity index is 758. The number of hydrogen-bond acceptors (Lipinski definition) is 5. The summed E-state index contributed by atoms with van der Waals surface area (Å²) in [4.78, 5) is 36.9. The lowest BCUT2D eigenvalue weighted by molar-refractivity contribution is -0.158. The molecule has 0 aromatic heterocycles. The molecule has 2 fully saturated rings. The number of carbonyl (C=O) groups excluding carboxylic acids is 3. The Morgan fingerprint density at radius 3 is 2.52 bits per heavy atom. The van der Waals surface area contributed by atoms with Crippen molar-refractivity contribution in [2.75, 3.05) is 13.2 Å². The van der Waals surface area contributed by atoms with Crippen LogP contribution in [0.4, 0.5) is 0 Å². The number of hydrazone groups is 1. The van der Waals surface area contributed by atoms with Crippen LogP contribution in [0.3, 0.4) is 0 Å². The van der Waals surface area contributed by atoms with Gasteiger partial charge in [0.25, 0.3) is 5.91 Å². The summed E-state index contributed by atoms with van der Waals surface area (Å²) in [6.45, 7) is 0.215. The van der Waals surface area contributed by atoms with Crippen molar-refractivity contribution < 1.29 is 19.1 Å². The smallest absolute Gasteiger partial charge is 0.309 e. The number of amides is 1. The van der Waals surface area contributed by atoms with Gasteiger partial charge in [0, 0.05) is 18.3 Å². The monoisotopic (exact) mass is 368 g/mol. The van der Waals surface area contributed by atoms with Gasteiger partial charge in [-0.1, -0.05) is 36.8 Å². The molecule has 0 radical (unpaired) electrons. The van der Waals surface area contributed by atoms with Gasteiger partial charge in [-0.15, -0.1) is 0 Å². The molecule has 0 spiro atoms. The molecule has 2 aliphatic carbocycles. The second-order valence-electron chi connectivity index (χ2n) is 7.68. The van der Waals surface area contributed by atoms with Gasteiger partial charge in [0.1, 0.15) is 5.78 Å². The number of Topliss-reactive ketones (excluding diaryl/α,β-unsaturated/α-hetero) is 1. The van der Waals surface area contributed by atoms with Gasteiger partial charge < -0.3 is 4.74 Å². The Labute approximate surface area is 158 Å². The molecule has 3 aliphatic rings. The quantitative estimate of drug-likeness (QED) is 0.766. The fraction of sp³-hybridized carbons (Fsp3) is 0.524. The van der Waals surface area contributed by atoms with E-state index in [1.807, 2.05) is 30.3 Å². The van der Waals surface area contributed by atoms with Crippen LogP contribution in [0.25, 0.3) is 0 Å². The third kappa shape index (κ3) is 3.80. The van der Waals surface area contributed by atoms with Crippen molar-refractivity contribution in [3.8, 4) is 0 Å². The predicted molar refractivity (Wildman–Crippen MR) is 98.8 cm³/mol. The van der Waals surface area contributed by atoms with E-state index in [9.17, 15) is 14.4 Å². The van der Waals surface area contributed by atoms with Crippen molar-refractivity contribution >= 4 is 23.4 Å². The first-order valence-corrected chi connectivity index (χ1v) is 9.75. The molecule has 1 amide bonds. The zero-order valence-electron chi connectivity index (χ0n) is 15.3. The minimum Gasteiger partial charge on any atom is -0.455 e. The van der Waals surface area contributed by atoms with Gasteiger partial charge in [0.15, 0.2) is 6.61 Å². The number of hydrogen-bond donors (Lipinski definition) is 0. The van der Waals surface area contributed by atoms with Gasteiger partial charge in [-0.2, -0.15) is 5.10 Å². The third-order valence-corrected chi connectivity index (χ3v) is 5.92. The molecular weight excluding hydrogens is 344 g/mol. The molecule has 6 nitrogen and oxygen atoms in total. The molecule has 2 saturated carbocycles. The summed E-state index contributed by atoms with van der Waals surface area (Å²) in [6, 6.07) is 9.75. The van der Waals surface area contributed by atoms with E-state index < -0.39 is 0 Å². The molecule has 1 unspecified atom stereocenters. The van der Waals surface area contributed by atoms with Crippen molar-refractivity contribution in [1.82, 2.24) is 5.01 Å². The molecule has 4 rings (SSSR count). The zero-order chi connectivity index (χ0) is 18.8. The average Bonchev–Trinajstić information content (AvgIpc) is 3.16. The Hall–Kier alpha value is -2.50. The van der Waals surface area contributed by atoms with Crippen LogP contribution in [0.2, 0.25) is 0 Å². The predicted octanol–water partition coefficient (Wildman–Crippen LogP) is 2.56. The summed E-state index contributed by atoms with van der Waals surface area (Å²) in [5.41, 5.74) is 1.87. The fourth-order valence-electron chi connectivity index (χ4n) is 4.47. The van der Waals surface area contributed by atoms with Gasteiger partial charge in [-0.3, -0.25) is 14.4 Å². The molecule has 142 valence electrons. The van der Waals surface area contributed by atoms with Crippen LogP contribution >= 0.6 is 0 Å². The number of carbonyl (C=O) groups is 3. The van der Waals surface area contributed by atoms with Crippen molar-refractivity contribution in [2.45, 2.75) is 38.5 Å². The first-order valence-electron chi connectivity index (χ1n) is 9.75. The summed E-state index contributed by atoms with van der Waals surface area (Å²) in [7, 11) is 0. The SMILES string of the molecule is O=C(OCC(=O)N1CCC(c2ccccc2)=N1)C1C[C@H]2CCC[C@@H](C1)C2=O. The molecule has 2 bridgehead atoms. The molecule has 0 saturated heterocycles. The van der Waals surface area contributed by atoms with E-state index in [1.54, 1.807) is 0 Å². The first-order chi connectivity index (χ1) is 13.1. The summed E-state index contributed by atoms with van der Waals surface area (Å²) in [5, 5.41) is 5.75. The van der Waals surface area contributed by atoms with E-state index in [2.05, 4.69) is 5.10 Å². The Morgan fingerprint density at radius 2 is 1.81 bits per heavy atom. The highest BCUT2D eigenvalue weighted by Gasteiger charge is 2.42. The number of fused-ring (bicyclic) bond motifs is 2. The molecular formula is C21H24N2O4. The second-order valence-corrected chi connectivity index (χ2v) is 7.68. The van der Waals surface area contributed by atoms with E-state index in [1.165, 1.54) is 5.01 Å². The molecule has 1 aliphatic heterocycles. The van der Waals surface area contributed by atoms with Crippen molar-refractivity contribution in [1.29, 1.82) is 0 Å². The Morgan fingerprint density at radius 1 is 1.11 bits per heavy atom. The summed E-state index contributed by atoms with van der Waals surface area (Å²) < 4.78 is 5.29. The molecule has 0 N–H and O–H groups in total. The van der Waals surface area contributed by atoms with E-state index in [0.29, 0.717) is 31.6 Å². The van der Waals surface area contributed by atoms with Crippen LogP contribution < -0.4 is 0 Å². The van der Waals surface area contributed by atoms with Gasteiger partial charge >= 0.3 is 5.97 Å². The van der Waals surface area contributed by atoms with Crippen LogP contribution in [-0.4, -0.2) is 41.5 Å². The van der Waals surface area contributed by atoms with Crippen LogP contribution in [0.1, 0.15) is 44.1 Å². The molecule has 27 heavy (non-hydrogen) atoms. The first kappa shape index (κ1) is 17.9. The van der Waals surface area contributed by atoms with Crippen LogP contribution in [0.5, 0.6) is 0 Å². The summed E-state index contributed by atoms with van der Waals surface area (Å²) in [6.07, 6.45) is 4.66. The van der Waals surface area contributed by atoms with Crippen molar-refractivity contribution in [3.05, 3.63) is 35.9 Å². The Kier molecular flexibility index (Phi) is 5.05. The van der Waals surface area contributed by atoms with Gasteiger partial charge in [0.2, 0.25) is 0 Å². The minimum absolute atomic E-state index is 0.00219. The lowest BCUT2D eigenvalue weighted by Crippen LogP contribution is -2.40. The van der Waals surface area contributed by atoms with Gasteiger partial charge in [0.05, 0.1) is 18.2 Å². The summed E-state index contributed by atoms with van der Waals surface area (Å²) >= 11 is 0. The van der Waals surface area contributed by atoms with E-state index in [-0.39, 0.29) is 36.2 Å². The number of esters is 1. The van der Waals surface area contributed by atoms with Crippen LogP contribution in [-0.2, 0) is 19.1 Å².